The molecule has 0 saturated carbocycles. The smallest absolute Gasteiger partial charge is 0.462 e. The van der Waals surface area contributed by atoms with E-state index in [-0.39, 0.29) is 31.5 Å². The van der Waals surface area contributed by atoms with E-state index in [0.29, 0.717) is 6.42 Å². The number of carbonyl (C=O) groups excluding carboxylic acids is 2. The number of ether oxygens (including phenoxy) is 3. The van der Waals surface area contributed by atoms with Crippen molar-refractivity contribution < 1.29 is 71.4 Å². The molecule has 1 saturated heterocycles. The molecular weight excluding hydrogens is 961 g/mol. The molecule has 1 aromatic rings. The van der Waals surface area contributed by atoms with E-state index in [9.17, 15) is 48.6 Å². The van der Waals surface area contributed by atoms with Crippen LogP contribution in [0, 0.1) is 0 Å². The average Bonchev–Trinajstić information content (AvgIpc) is 3.60. The summed E-state index contributed by atoms with van der Waals surface area (Å²) in [5.41, 5.74) is 4.57. The number of unbranched alkanes of at least 4 members (excludes halogenated alkanes) is 14. The zero-order chi connectivity index (χ0) is 52.2. The van der Waals surface area contributed by atoms with Crippen LogP contribution in [0.4, 0.5) is 5.82 Å². The van der Waals surface area contributed by atoms with Crippen LogP contribution < -0.4 is 11.4 Å². The van der Waals surface area contributed by atoms with Gasteiger partial charge in [0.15, 0.2) is 12.3 Å². The largest absolute Gasteiger partial charge is 0.481 e. The Balaban J connectivity index is 1.86. The number of nitrogens with two attached hydrogens (primary N) is 1. The quantitative estimate of drug-likeness (QED) is 0.0117. The van der Waals surface area contributed by atoms with Gasteiger partial charge in [0.1, 0.15) is 30.7 Å². The molecule has 1 aliphatic heterocycles. The first kappa shape index (κ1) is 63.5. The first-order valence-corrected chi connectivity index (χ1v) is 28.4. The summed E-state index contributed by atoms with van der Waals surface area (Å²) in [4.78, 5) is 61.9. The van der Waals surface area contributed by atoms with Crippen molar-refractivity contribution in [2.24, 2.45) is 0 Å². The topological polar surface area (TPSA) is 286 Å². The molecule has 71 heavy (non-hydrogen) atoms. The SMILES string of the molecule is CCCCC/C=C\C/C=C\CCCCCCCC(=O)O[C@H](COC(=O)CCCC(O)/C=C/C=C/C/C=C/CCCCCCCC)COP(=O)(O)OP(=O)(O)OC[C@H]1O[C@@H](n2ccc(N)nc2=O)[C@H](O)[C@@H]1O. The summed E-state index contributed by atoms with van der Waals surface area (Å²) in [7, 11) is -10.9. The van der Waals surface area contributed by atoms with E-state index in [2.05, 4.69) is 59.6 Å². The molecule has 1 aliphatic rings. The second-order valence-electron chi connectivity index (χ2n) is 17.5. The molecule has 3 unspecified atom stereocenters. The van der Waals surface area contributed by atoms with Crippen molar-refractivity contribution in [1.29, 1.82) is 0 Å². The third-order valence-corrected chi connectivity index (χ3v) is 13.8. The molecular formula is C50H83N3O16P2. The lowest BCUT2D eigenvalue weighted by Gasteiger charge is -2.21. The van der Waals surface area contributed by atoms with Crippen LogP contribution in [0.15, 0.2) is 77.8 Å². The molecule has 0 bridgehead atoms. The maximum Gasteiger partial charge on any atom is 0.481 e. The van der Waals surface area contributed by atoms with E-state index >= 15 is 0 Å². The standard InChI is InChI=1S/C50H83N3O16P2/c1-3-5-7-9-11-13-15-17-18-20-22-24-26-28-30-34-46(56)67-42(38-64-45(55)35-31-33-41(54)32-29-27-25-23-21-19-16-14-12-10-8-6-4-2)39-65-70(60,61)69-71(62,63)66-40-43-47(57)48(58)49(68-43)53-37-36-44(51)52-50(53)59/h11,13,17-19,21,25,27,29,32,36-37,41-43,47-49,54,57-58H,3-10,12,14-16,20,22-24,26,28,30-31,33-35,38-40H2,1-2H3,(H,60,61)(H,62,63)(H2,51,52,59)/b13-11-,18-17-,21-19+,27-25+,32-29+/t41?,42-,43-,47-,48-,49-/m1/s1. The van der Waals surface area contributed by atoms with Gasteiger partial charge in [-0.25, -0.2) is 13.9 Å². The Morgan fingerprint density at radius 3 is 1.96 bits per heavy atom. The Kier molecular flexibility index (Phi) is 34.1. The number of aliphatic hydroxyl groups is 3. The number of hydrogen-bond acceptors (Lipinski definition) is 16. The van der Waals surface area contributed by atoms with E-state index in [1.165, 1.54) is 63.9 Å². The summed E-state index contributed by atoms with van der Waals surface area (Å²) >= 11 is 0. The highest BCUT2D eigenvalue weighted by atomic mass is 31.3. The van der Waals surface area contributed by atoms with Crippen molar-refractivity contribution >= 4 is 33.4 Å². The van der Waals surface area contributed by atoms with Gasteiger partial charge in [-0.05, 0) is 76.7 Å². The normalized spacial score (nSPS) is 20.1. The van der Waals surface area contributed by atoms with Crippen LogP contribution in [0.5, 0.6) is 0 Å². The maximum absolute atomic E-state index is 12.9. The van der Waals surface area contributed by atoms with Crippen LogP contribution in [-0.2, 0) is 46.3 Å². The molecule has 8 atom stereocenters. The number of aromatic nitrogens is 2. The predicted octanol–water partition coefficient (Wildman–Crippen LogP) is 9.30. The highest BCUT2D eigenvalue weighted by molar-refractivity contribution is 7.61. The fourth-order valence-corrected chi connectivity index (χ4v) is 9.29. The lowest BCUT2D eigenvalue weighted by molar-refractivity contribution is -0.161. The summed E-state index contributed by atoms with van der Waals surface area (Å²) in [6.07, 6.45) is 33.3. The van der Waals surface area contributed by atoms with Gasteiger partial charge in [-0.3, -0.25) is 23.2 Å². The molecule has 0 spiro atoms. The molecule has 19 nitrogen and oxygen atoms in total. The molecule has 2 rings (SSSR count). The van der Waals surface area contributed by atoms with Gasteiger partial charge < -0.3 is 45.1 Å². The number of hydrogen-bond donors (Lipinski definition) is 6. The number of carbonyl (C=O) groups is 2. The Hall–Kier alpha value is -3.58. The summed E-state index contributed by atoms with van der Waals surface area (Å²) in [6, 6.07) is 1.24. The van der Waals surface area contributed by atoms with E-state index in [4.69, 9.17) is 29.0 Å². The predicted molar refractivity (Wildman–Crippen MR) is 272 cm³/mol. The third kappa shape index (κ3) is 30.9. The Bertz CT molecular complexity index is 1940. The van der Waals surface area contributed by atoms with Crippen molar-refractivity contribution in [3.8, 4) is 0 Å². The third-order valence-electron chi connectivity index (χ3n) is 11.2. The lowest BCUT2D eigenvalue weighted by atomic mass is 10.1. The number of allylic oxidation sites excluding steroid dienone is 9. The second-order valence-corrected chi connectivity index (χ2v) is 20.6. The molecule has 2 heterocycles. The molecule has 7 N–H and O–H groups in total. The first-order chi connectivity index (χ1) is 34.1. The van der Waals surface area contributed by atoms with Crippen LogP contribution in [-0.4, -0.2) is 96.9 Å². The lowest BCUT2D eigenvalue weighted by Crippen LogP contribution is -2.36. The molecule has 1 fully saturated rings. The van der Waals surface area contributed by atoms with Gasteiger partial charge in [-0.2, -0.15) is 9.29 Å². The van der Waals surface area contributed by atoms with Gasteiger partial charge in [0.05, 0.1) is 19.3 Å². The minimum atomic E-state index is -5.47. The summed E-state index contributed by atoms with van der Waals surface area (Å²) in [5, 5.41) is 31.3. The van der Waals surface area contributed by atoms with Crippen LogP contribution >= 0.6 is 15.6 Å². The number of anilines is 1. The molecule has 0 aliphatic carbocycles. The molecule has 1 aromatic heterocycles. The number of phosphoric acid groups is 2. The number of rotatable bonds is 41. The Morgan fingerprint density at radius 2 is 1.31 bits per heavy atom. The molecule has 0 amide bonds. The van der Waals surface area contributed by atoms with Crippen LogP contribution in [0.2, 0.25) is 0 Å². The molecule has 404 valence electrons. The fraction of sp³-hybridized carbons (Fsp3) is 0.680. The number of aliphatic hydroxyl groups excluding tert-OH is 3. The van der Waals surface area contributed by atoms with E-state index < -0.39 is 89.8 Å². The highest BCUT2D eigenvalue weighted by Crippen LogP contribution is 2.60. The van der Waals surface area contributed by atoms with Crippen molar-refractivity contribution in [3.05, 3.63) is 83.5 Å². The summed E-state index contributed by atoms with van der Waals surface area (Å²) in [5.74, 6) is -1.52. The minimum absolute atomic E-state index is 0.00736. The van der Waals surface area contributed by atoms with E-state index in [0.717, 1.165) is 68.6 Å². The Morgan fingerprint density at radius 1 is 0.746 bits per heavy atom. The number of phosphoric ester groups is 2. The summed E-state index contributed by atoms with van der Waals surface area (Å²) in [6.45, 7) is 1.92. The van der Waals surface area contributed by atoms with Crippen LogP contribution in [0.1, 0.15) is 168 Å². The van der Waals surface area contributed by atoms with Crippen LogP contribution in [0.25, 0.3) is 0 Å². The number of nitrogens with zero attached hydrogens (tertiary/aromatic N) is 2. The monoisotopic (exact) mass is 1040 g/mol. The van der Waals surface area contributed by atoms with Crippen LogP contribution in [0.3, 0.4) is 0 Å². The van der Waals surface area contributed by atoms with Crippen molar-refractivity contribution in [2.75, 3.05) is 25.6 Å². The molecule has 0 radical (unpaired) electrons. The summed E-state index contributed by atoms with van der Waals surface area (Å²) < 4.78 is 56.6. The zero-order valence-electron chi connectivity index (χ0n) is 41.9. The molecule has 21 heteroatoms. The van der Waals surface area contributed by atoms with Gasteiger partial charge in [-0.1, -0.05) is 139 Å². The zero-order valence-corrected chi connectivity index (χ0v) is 43.7. The Labute approximate surface area is 420 Å². The molecule has 0 aromatic carbocycles. The van der Waals surface area contributed by atoms with Crippen molar-refractivity contribution in [3.63, 3.8) is 0 Å². The average molecular weight is 1040 g/mol. The van der Waals surface area contributed by atoms with E-state index in [1.807, 2.05) is 12.2 Å². The number of nitrogen functional groups attached to an aromatic ring is 1. The van der Waals surface area contributed by atoms with Gasteiger partial charge in [-0.15, -0.1) is 0 Å². The van der Waals surface area contributed by atoms with Gasteiger partial charge in [0, 0.05) is 19.0 Å². The second kappa shape index (κ2) is 38.1. The van der Waals surface area contributed by atoms with Gasteiger partial charge in [0.25, 0.3) is 0 Å². The van der Waals surface area contributed by atoms with E-state index in [1.54, 1.807) is 12.2 Å². The van der Waals surface area contributed by atoms with Gasteiger partial charge >= 0.3 is 33.3 Å². The van der Waals surface area contributed by atoms with Crippen molar-refractivity contribution in [2.45, 2.75) is 198 Å². The number of esters is 2. The fourth-order valence-electron chi connectivity index (χ4n) is 7.17. The van der Waals surface area contributed by atoms with Crippen molar-refractivity contribution in [1.82, 2.24) is 9.55 Å². The first-order valence-electron chi connectivity index (χ1n) is 25.4. The minimum Gasteiger partial charge on any atom is -0.462 e. The van der Waals surface area contributed by atoms with Gasteiger partial charge in [0.2, 0.25) is 0 Å². The highest BCUT2D eigenvalue weighted by Gasteiger charge is 2.46. The maximum atomic E-state index is 12.9.